The zero-order valence-corrected chi connectivity index (χ0v) is 22.7. The zero-order valence-electron chi connectivity index (χ0n) is 22.7. The van der Waals surface area contributed by atoms with Gasteiger partial charge >= 0.3 is 5.69 Å². The molecule has 0 atom stereocenters. The van der Waals surface area contributed by atoms with Crippen LogP contribution in [0.4, 0.5) is 0 Å². The highest BCUT2D eigenvalue weighted by Gasteiger charge is 2.31. The molecule has 3 aromatic carbocycles. The average molecular weight is 540 g/mol. The summed E-state index contributed by atoms with van der Waals surface area (Å²) >= 11 is 0. The maximum Gasteiger partial charge on any atom is 0.334 e. The van der Waals surface area contributed by atoms with Crippen molar-refractivity contribution < 1.29 is 14.3 Å². The molecular formula is C31H33N5O4. The summed E-state index contributed by atoms with van der Waals surface area (Å²) in [6, 6.07) is 24.5. The maximum atomic E-state index is 14.3. The smallest absolute Gasteiger partial charge is 0.334 e. The summed E-state index contributed by atoms with van der Waals surface area (Å²) in [7, 11) is 1.55. The molecule has 0 unspecified atom stereocenters. The summed E-state index contributed by atoms with van der Waals surface area (Å²) < 4.78 is 8.86. The van der Waals surface area contributed by atoms with Crippen LogP contribution in [0, 0.1) is 6.92 Å². The standard InChI is InChI=1S/C31H33N5O4/c1-22-9-6-7-14-26(22)36-28(24-11-4-3-5-12-24)29(30(38)34-17-15-33-16-18-34)35(31(36)39)20-23-10-8-13-25(19-23)40-21-27(37)32-2/h3-14,19,33H,15-18,20-21H2,1-2H3,(H,32,37). The van der Waals surface area contributed by atoms with Crippen molar-refractivity contribution in [3.8, 4) is 22.7 Å². The molecule has 9 heteroatoms. The van der Waals surface area contributed by atoms with Gasteiger partial charge in [0.05, 0.1) is 17.9 Å². The van der Waals surface area contributed by atoms with E-state index in [1.165, 1.54) is 0 Å². The van der Waals surface area contributed by atoms with Crippen molar-refractivity contribution in [1.82, 2.24) is 24.7 Å². The number of carbonyl (C=O) groups excluding carboxylic acids is 2. The van der Waals surface area contributed by atoms with E-state index in [0.717, 1.165) is 22.4 Å². The molecule has 40 heavy (non-hydrogen) atoms. The number of aromatic nitrogens is 2. The second-order valence-electron chi connectivity index (χ2n) is 9.71. The van der Waals surface area contributed by atoms with E-state index < -0.39 is 0 Å². The first-order chi connectivity index (χ1) is 19.5. The lowest BCUT2D eigenvalue weighted by atomic mass is 10.1. The largest absolute Gasteiger partial charge is 0.484 e. The van der Waals surface area contributed by atoms with Crippen molar-refractivity contribution >= 4 is 11.8 Å². The van der Waals surface area contributed by atoms with Gasteiger partial charge in [-0.2, -0.15) is 0 Å². The number of carbonyl (C=O) groups is 2. The van der Waals surface area contributed by atoms with Crippen LogP contribution < -0.4 is 21.1 Å². The fourth-order valence-electron chi connectivity index (χ4n) is 4.96. The lowest BCUT2D eigenvalue weighted by Gasteiger charge is -2.28. The molecule has 5 rings (SSSR count). The SMILES string of the molecule is CNC(=O)COc1cccc(Cn2c(C(=O)N3CCNCC3)c(-c3ccccc3)n(-c3ccccc3C)c2=O)c1. The minimum Gasteiger partial charge on any atom is -0.484 e. The van der Waals surface area contributed by atoms with Gasteiger partial charge in [-0.15, -0.1) is 0 Å². The molecule has 2 N–H and O–H groups in total. The molecular weight excluding hydrogens is 506 g/mol. The Hall–Kier alpha value is -4.63. The Labute approximate surface area is 233 Å². The fourth-order valence-corrected chi connectivity index (χ4v) is 4.96. The highest BCUT2D eigenvalue weighted by molar-refractivity contribution is 5.99. The van der Waals surface area contributed by atoms with Crippen LogP contribution in [0.3, 0.4) is 0 Å². The van der Waals surface area contributed by atoms with Gasteiger partial charge in [-0.05, 0) is 36.2 Å². The molecule has 0 spiro atoms. The van der Waals surface area contributed by atoms with Crippen LogP contribution >= 0.6 is 0 Å². The second kappa shape index (κ2) is 12.0. The molecule has 1 saturated heterocycles. The predicted molar refractivity (Wildman–Crippen MR) is 154 cm³/mol. The Morgan fingerprint density at radius 1 is 0.950 bits per heavy atom. The van der Waals surface area contributed by atoms with Gasteiger partial charge in [-0.1, -0.05) is 60.7 Å². The van der Waals surface area contributed by atoms with Crippen LogP contribution in [-0.4, -0.2) is 65.7 Å². The normalized spacial score (nSPS) is 13.2. The topological polar surface area (TPSA) is 97.6 Å². The molecule has 0 saturated carbocycles. The Bertz CT molecular complexity index is 1570. The van der Waals surface area contributed by atoms with Crippen molar-refractivity contribution in [2.75, 3.05) is 39.8 Å². The van der Waals surface area contributed by atoms with E-state index in [-0.39, 0.29) is 30.7 Å². The van der Waals surface area contributed by atoms with Gasteiger partial charge in [-0.25, -0.2) is 4.79 Å². The molecule has 2 heterocycles. The van der Waals surface area contributed by atoms with E-state index >= 15 is 0 Å². The molecule has 1 aliphatic rings. The van der Waals surface area contributed by atoms with Gasteiger partial charge in [0.25, 0.3) is 11.8 Å². The van der Waals surface area contributed by atoms with Crippen LogP contribution in [0.5, 0.6) is 5.75 Å². The first kappa shape index (κ1) is 27.0. The number of ether oxygens (including phenoxy) is 1. The maximum absolute atomic E-state index is 14.3. The summed E-state index contributed by atoms with van der Waals surface area (Å²) in [5, 5.41) is 5.83. The van der Waals surface area contributed by atoms with Crippen molar-refractivity contribution in [3.63, 3.8) is 0 Å². The van der Waals surface area contributed by atoms with Crippen molar-refractivity contribution in [1.29, 1.82) is 0 Å². The summed E-state index contributed by atoms with van der Waals surface area (Å²) in [6.07, 6.45) is 0. The molecule has 9 nitrogen and oxygen atoms in total. The van der Waals surface area contributed by atoms with Gasteiger partial charge in [-0.3, -0.25) is 18.7 Å². The van der Waals surface area contributed by atoms with E-state index in [2.05, 4.69) is 10.6 Å². The number of imidazole rings is 1. The average Bonchev–Trinajstić information content (AvgIpc) is 3.28. The number of aryl methyl sites for hydroxylation is 1. The van der Waals surface area contributed by atoms with Crippen LogP contribution in [0.15, 0.2) is 83.7 Å². The molecule has 0 aliphatic carbocycles. The number of hydrogen-bond donors (Lipinski definition) is 2. The minimum absolute atomic E-state index is 0.117. The van der Waals surface area contributed by atoms with Crippen LogP contribution in [-0.2, 0) is 11.3 Å². The van der Waals surface area contributed by atoms with E-state index in [0.29, 0.717) is 43.3 Å². The second-order valence-corrected chi connectivity index (χ2v) is 9.71. The van der Waals surface area contributed by atoms with E-state index in [9.17, 15) is 14.4 Å². The van der Waals surface area contributed by atoms with E-state index in [1.807, 2.05) is 73.7 Å². The summed E-state index contributed by atoms with van der Waals surface area (Å²) in [5.41, 5.74) is 3.80. The van der Waals surface area contributed by atoms with Crippen molar-refractivity contribution in [3.05, 3.63) is 106 Å². The third kappa shape index (κ3) is 5.55. The first-order valence-electron chi connectivity index (χ1n) is 13.4. The van der Waals surface area contributed by atoms with Gasteiger partial charge in [0.1, 0.15) is 11.4 Å². The molecule has 1 aliphatic heterocycles. The minimum atomic E-state index is -0.302. The number of piperazine rings is 1. The van der Waals surface area contributed by atoms with Crippen molar-refractivity contribution in [2.24, 2.45) is 0 Å². The summed E-state index contributed by atoms with van der Waals surface area (Å²) in [6.45, 7) is 4.49. The Balaban J connectivity index is 1.69. The number of rotatable bonds is 8. The zero-order chi connectivity index (χ0) is 28.1. The third-order valence-electron chi connectivity index (χ3n) is 7.04. The first-order valence-corrected chi connectivity index (χ1v) is 13.4. The number of benzene rings is 3. The van der Waals surface area contributed by atoms with Gasteiger partial charge in [0.2, 0.25) is 0 Å². The summed E-state index contributed by atoms with van der Waals surface area (Å²) in [5.74, 6) is 0.0795. The molecule has 4 aromatic rings. The Morgan fingerprint density at radius 2 is 1.68 bits per heavy atom. The highest BCUT2D eigenvalue weighted by atomic mass is 16.5. The van der Waals surface area contributed by atoms with Crippen molar-refractivity contribution in [2.45, 2.75) is 13.5 Å². The Kier molecular flexibility index (Phi) is 8.12. The third-order valence-corrected chi connectivity index (χ3v) is 7.04. The highest BCUT2D eigenvalue weighted by Crippen LogP contribution is 2.29. The number of hydrogen-bond acceptors (Lipinski definition) is 5. The van der Waals surface area contributed by atoms with E-state index in [4.69, 9.17) is 4.74 Å². The Morgan fingerprint density at radius 3 is 2.40 bits per heavy atom. The van der Waals surface area contributed by atoms with Crippen LogP contribution in [0.2, 0.25) is 0 Å². The molecule has 1 fully saturated rings. The molecule has 2 amide bonds. The van der Waals surface area contributed by atoms with Gasteiger partial charge < -0.3 is 20.3 Å². The van der Waals surface area contributed by atoms with Gasteiger partial charge in [0.15, 0.2) is 6.61 Å². The number of para-hydroxylation sites is 1. The monoisotopic (exact) mass is 539 g/mol. The van der Waals surface area contributed by atoms with Gasteiger partial charge in [0, 0.05) is 38.8 Å². The lowest BCUT2D eigenvalue weighted by Crippen LogP contribution is -2.47. The summed E-state index contributed by atoms with van der Waals surface area (Å²) in [4.78, 5) is 42.0. The van der Waals surface area contributed by atoms with E-state index in [1.54, 1.807) is 33.2 Å². The molecule has 1 aromatic heterocycles. The molecule has 206 valence electrons. The predicted octanol–water partition coefficient (Wildman–Crippen LogP) is 2.83. The number of likely N-dealkylation sites (N-methyl/N-ethyl adjacent to an activating group) is 1. The molecule has 0 bridgehead atoms. The fraction of sp³-hybridized carbons (Fsp3) is 0.258. The number of amides is 2. The lowest BCUT2D eigenvalue weighted by molar-refractivity contribution is -0.122. The molecule has 0 radical (unpaired) electrons. The van der Waals surface area contributed by atoms with Crippen LogP contribution in [0.1, 0.15) is 21.6 Å². The quantitative estimate of drug-likeness (QED) is 0.359. The number of nitrogens with zero attached hydrogens (tertiary/aromatic N) is 3. The van der Waals surface area contributed by atoms with Crippen LogP contribution in [0.25, 0.3) is 16.9 Å². The number of nitrogens with one attached hydrogen (secondary N) is 2.